The van der Waals surface area contributed by atoms with Gasteiger partial charge in [-0.3, -0.25) is 4.90 Å². The first kappa shape index (κ1) is 16.0. The van der Waals surface area contributed by atoms with Gasteiger partial charge in [-0.05, 0) is 30.5 Å². The summed E-state index contributed by atoms with van der Waals surface area (Å²) in [7, 11) is 1.67. The molecule has 0 saturated carbocycles. The SMILES string of the molecule is CCCn1ncnc1CN1C[C@@H](O)C[C@H]1c1cccc(OC)c1. The van der Waals surface area contributed by atoms with Crippen LogP contribution in [0, 0.1) is 0 Å². The molecule has 0 aliphatic carbocycles. The maximum Gasteiger partial charge on any atom is 0.141 e. The van der Waals surface area contributed by atoms with Gasteiger partial charge in [-0.1, -0.05) is 19.1 Å². The van der Waals surface area contributed by atoms with Gasteiger partial charge in [0.2, 0.25) is 0 Å². The molecule has 0 bridgehead atoms. The topological polar surface area (TPSA) is 63.4 Å². The van der Waals surface area contributed by atoms with Crippen LogP contribution in [0.3, 0.4) is 0 Å². The molecule has 124 valence electrons. The molecule has 1 saturated heterocycles. The van der Waals surface area contributed by atoms with Gasteiger partial charge in [0, 0.05) is 19.1 Å². The maximum absolute atomic E-state index is 10.1. The van der Waals surface area contributed by atoms with Gasteiger partial charge in [-0.25, -0.2) is 9.67 Å². The molecule has 3 rings (SSSR count). The monoisotopic (exact) mass is 316 g/mol. The van der Waals surface area contributed by atoms with E-state index in [1.165, 1.54) is 5.56 Å². The Morgan fingerprint density at radius 2 is 2.26 bits per heavy atom. The van der Waals surface area contributed by atoms with Gasteiger partial charge < -0.3 is 9.84 Å². The average molecular weight is 316 g/mol. The fourth-order valence-electron chi connectivity index (χ4n) is 3.24. The largest absolute Gasteiger partial charge is 0.497 e. The summed E-state index contributed by atoms with van der Waals surface area (Å²) in [6.45, 7) is 4.35. The number of likely N-dealkylation sites (tertiary alicyclic amines) is 1. The molecule has 1 fully saturated rings. The van der Waals surface area contributed by atoms with E-state index < -0.39 is 0 Å². The Balaban J connectivity index is 1.80. The molecule has 2 heterocycles. The minimum absolute atomic E-state index is 0.173. The Kier molecular flexibility index (Phi) is 4.93. The number of ether oxygens (including phenoxy) is 1. The molecule has 2 aromatic rings. The maximum atomic E-state index is 10.1. The highest BCUT2D eigenvalue weighted by atomic mass is 16.5. The number of rotatable bonds is 6. The third kappa shape index (κ3) is 3.54. The third-order valence-electron chi connectivity index (χ3n) is 4.34. The number of aromatic nitrogens is 3. The highest BCUT2D eigenvalue weighted by Gasteiger charge is 2.33. The van der Waals surface area contributed by atoms with Crippen molar-refractivity contribution in [3.63, 3.8) is 0 Å². The average Bonchev–Trinajstić information content (AvgIpc) is 3.15. The van der Waals surface area contributed by atoms with Crippen molar-refractivity contribution in [3.05, 3.63) is 42.0 Å². The van der Waals surface area contributed by atoms with E-state index in [4.69, 9.17) is 4.74 Å². The van der Waals surface area contributed by atoms with Crippen LogP contribution in [0.2, 0.25) is 0 Å². The molecule has 2 atom stereocenters. The number of nitrogens with zero attached hydrogens (tertiary/aromatic N) is 4. The van der Waals surface area contributed by atoms with Crippen molar-refractivity contribution in [1.29, 1.82) is 0 Å². The van der Waals surface area contributed by atoms with Crippen molar-refractivity contribution in [1.82, 2.24) is 19.7 Å². The first-order valence-electron chi connectivity index (χ1n) is 8.14. The van der Waals surface area contributed by atoms with Crippen LogP contribution >= 0.6 is 0 Å². The molecule has 1 aromatic heterocycles. The zero-order chi connectivity index (χ0) is 16.2. The zero-order valence-corrected chi connectivity index (χ0v) is 13.7. The fourth-order valence-corrected chi connectivity index (χ4v) is 3.24. The number of aliphatic hydroxyl groups excluding tert-OH is 1. The van der Waals surface area contributed by atoms with E-state index in [0.717, 1.165) is 31.0 Å². The van der Waals surface area contributed by atoms with Crippen molar-refractivity contribution in [2.24, 2.45) is 0 Å². The number of aliphatic hydroxyl groups is 1. The Labute approximate surface area is 136 Å². The second-order valence-corrected chi connectivity index (χ2v) is 6.01. The summed E-state index contributed by atoms with van der Waals surface area (Å²) in [5.74, 6) is 1.80. The highest BCUT2D eigenvalue weighted by Crippen LogP contribution is 2.34. The molecule has 6 heteroatoms. The van der Waals surface area contributed by atoms with Crippen molar-refractivity contribution < 1.29 is 9.84 Å². The van der Waals surface area contributed by atoms with E-state index in [-0.39, 0.29) is 12.1 Å². The highest BCUT2D eigenvalue weighted by molar-refractivity contribution is 5.31. The van der Waals surface area contributed by atoms with Crippen LogP contribution in [0.4, 0.5) is 0 Å². The summed E-state index contributed by atoms with van der Waals surface area (Å²) in [6.07, 6.45) is 3.06. The standard InChI is InChI=1S/C17H24N4O2/c1-3-7-21-17(18-12-19-21)11-20-10-14(22)9-16(20)13-5-4-6-15(8-13)23-2/h4-6,8,12,14,16,22H,3,7,9-11H2,1-2H3/t14-,16-/m0/s1. The zero-order valence-electron chi connectivity index (χ0n) is 13.7. The summed E-state index contributed by atoms with van der Waals surface area (Å²) >= 11 is 0. The Bertz CT molecular complexity index is 643. The number of hydrogen-bond donors (Lipinski definition) is 1. The van der Waals surface area contributed by atoms with Gasteiger partial charge in [0.25, 0.3) is 0 Å². The number of β-amino-alcohol motifs (C(OH)–C–C–N with tert-alkyl or cyclic N) is 1. The number of hydrogen-bond acceptors (Lipinski definition) is 5. The molecule has 0 amide bonds. The summed E-state index contributed by atoms with van der Waals surface area (Å²) in [5, 5.41) is 14.4. The van der Waals surface area contributed by atoms with Crippen molar-refractivity contribution >= 4 is 0 Å². The van der Waals surface area contributed by atoms with Crippen LogP contribution in [0.25, 0.3) is 0 Å². The number of methoxy groups -OCH3 is 1. The van der Waals surface area contributed by atoms with Gasteiger partial charge in [0.05, 0.1) is 19.8 Å². The first-order chi connectivity index (χ1) is 11.2. The molecule has 0 unspecified atom stereocenters. The molecule has 23 heavy (non-hydrogen) atoms. The van der Waals surface area contributed by atoms with Crippen molar-refractivity contribution in [2.75, 3.05) is 13.7 Å². The normalized spacial score (nSPS) is 21.7. The molecule has 1 aromatic carbocycles. The quantitative estimate of drug-likeness (QED) is 0.883. The lowest BCUT2D eigenvalue weighted by Crippen LogP contribution is -2.26. The van der Waals surface area contributed by atoms with E-state index in [9.17, 15) is 5.11 Å². The number of benzene rings is 1. The molecular weight excluding hydrogens is 292 g/mol. The van der Waals surface area contributed by atoms with Crippen LogP contribution in [0.5, 0.6) is 5.75 Å². The second-order valence-electron chi connectivity index (χ2n) is 6.01. The summed E-state index contributed by atoms with van der Waals surface area (Å²) in [6, 6.07) is 8.25. The molecule has 6 nitrogen and oxygen atoms in total. The Morgan fingerprint density at radius 1 is 1.39 bits per heavy atom. The van der Waals surface area contributed by atoms with Crippen molar-refractivity contribution in [2.45, 2.75) is 45.0 Å². The van der Waals surface area contributed by atoms with E-state index >= 15 is 0 Å². The predicted octanol–water partition coefficient (Wildman–Crippen LogP) is 2.00. The molecular formula is C17H24N4O2. The fraction of sp³-hybridized carbons (Fsp3) is 0.529. The molecule has 0 spiro atoms. The third-order valence-corrected chi connectivity index (χ3v) is 4.34. The van der Waals surface area contributed by atoms with E-state index in [1.54, 1.807) is 13.4 Å². The first-order valence-corrected chi connectivity index (χ1v) is 8.14. The minimum Gasteiger partial charge on any atom is -0.497 e. The van der Waals surface area contributed by atoms with E-state index in [0.29, 0.717) is 13.1 Å². The second kappa shape index (κ2) is 7.10. The van der Waals surface area contributed by atoms with Crippen molar-refractivity contribution in [3.8, 4) is 5.75 Å². The lowest BCUT2D eigenvalue weighted by Gasteiger charge is -2.24. The van der Waals surface area contributed by atoms with Gasteiger partial charge >= 0.3 is 0 Å². The van der Waals surface area contributed by atoms with Crippen LogP contribution in [-0.4, -0.2) is 44.5 Å². The molecule has 1 aliphatic rings. The Morgan fingerprint density at radius 3 is 3.04 bits per heavy atom. The lowest BCUT2D eigenvalue weighted by molar-refractivity contribution is 0.170. The van der Waals surface area contributed by atoms with Crippen LogP contribution in [0.15, 0.2) is 30.6 Å². The van der Waals surface area contributed by atoms with Gasteiger partial charge in [0.1, 0.15) is 17.9 Å². The predicted molar refractivity (Wildman–Crippen MR) is 87.1 cm³/mol. The van der Waals surface area contributed by atoms with Gasteiger partial charge in [-0.15, -0.1) is 0 Å². The Hall–Kier alpha value is -1.92. The van der Waals surface area contributed by atoms with E-state index in [1.807, 2.05) is 22.9 Å². The minimum atomic E-state index is -0.311. The van der Waals surface area contributed by atoms with Gasteiger partial charge in [0.15, 0.2) is 0 Å². The lowest BCUT2D eigenvalue weighted by atomic mass is 10.0. The molecule has 1 aliphatic heterocycles. The summed E-state index contributed by atoms with van der Waals surface area (Å²) in [5.41, 5.74) is 1.17. The summed E-state index contributed by atoms with van der Waals surface area (Å²) in [4.78, 5) is 6.66. The van der Waals surface area contributed by atoms with Crippen LogP contribution in [0.1, 0.15) is 37.2 Å². The number of aryl methyl sites for hydroxylation is 1. The molecule has 0 radical (unpaired) electrons. The molecule has 1 N–H and O–H groups in total. The van der Waals surface area contributed by atoms with Crippen LogP contribution < -0.4 is 4.74 Å². The van der Waals surface area contributed by atoms with Crippen LogP contribution in [-0.2, 0) is 13.1 Å². The smallest absolute Gasteiger partial charge is 0.141 e. The summed E-state index contributed by atoms with van der Waals surface area (Å²) < 4.78 is 7.28. The van der Waals surface area contributed by atoms with Gasteiger partial charge in [-0.2, -0.15) is 5.10 Å². The van der Waals surface area contributed by atoms with E-state index in [2.05, 4.69) is 28.0 Å².